The molecular weight excluding hydrogens is 318 g/mol. The second-order valence-electron chi connectivity index (χ2n) is 5.03. The second-order valence-corrected chi connectivity index (χ2v) is 5.42. The molecule has 23 heavy (non-hydrogen) atoms. The molecule has 1 aromatic carbocycles. The quantitative estimate of drug-likeness (QED) is 0.547. The Hall–Kier alpha value is -2.73. The topological polar surface area (TPSA) is 58.3 Å². The van der Waals surface area contributed by atoms with Crippen molar-refractivity contribution in [3.8, 4) is 17.2 Å². The summed E-state index contributed by atoms with van der Waals surface area (Å²) in [6.45, 7) is 4.26. The first kappa shape index (κ1) is 13.9. The highest BCUT2D eigenvalue weighted by Crippen LogP contribution is 2.34. The minimum Gasteiger partial charge on any atom is -0.454 e. The summed E-state index contributed by atoms with van der Waals surface area (Å²) in [5.74, 6) is 1.25. The van der Waals surface area contributed by atoms with Gasteiger partial charge in [-0.25, -0.2) is 14.3 Å². The van der Waals surface area contributed by atoms with Crippen LogP contribution in [0.5, 0.6) is 11.5 Å². The van der Waals surface area contributed by atoms with Crippen LogP contribution < -0.4 is 15.2 Å². The molecule has 0 unspecified atom stereocenters. The lowest BCUT2D eigenvalue weighted by Crippen LogP contribution is -2.22. The lowest BCUT2D eigenvalue weighted by molar-refractivity contribution is 0.174. The molecular formula is C16H12ClN3O3. The number of fused-ring (bicyclic) bond motifs is 2. The predicted octanol–water partition coefficient (Wildman–Crippen LogP) is 2.76. The SMILES string of the molecule is C=CCn1c(=O)n(-c2ccc3c(c2)OCO3)c2nc(Cl)ccc21. The number of hydrogen-bond donors (Lipinski definition) is 0. The molecule has 0 saturated carbocycles. The third kappa shape index (κ3) is 2.10. The Labute approximate surface area is 136 Å². The van der Waals surface area contributed by atoms with Gasteiger partial charge in [-0.2, -0.15) is 0 Å². The molecule has 4 rings (SSSR count). The summed E-state index contributed by atoms with van der Waals surface area (Å²) in [5.41, 5.74) is 1.61. The standard InChI is InChI=1S/C16H12ClN3O3/c1-2-7-19-11-4-6-14(17)18-15(11)20(16(19)21)10-3-5-12-13(8-10)23-9-22-12/h2-6,8H,1,7,9H2. The van der Waals surface area contributed by atoms with Crippen LogP contribution in [0.25, 0.3) is 16.9 Å². The van der Waals surface area contributed by atoms with Crippen molar-refractivity contribution in [2.75, 3.05) is 6.79 Å². The number of benzene rings is 1. The first-order chi connectivity index (χ1) is 11.2. The van der Waals surface area contributed by atoms with Gasteiger partial charge < -0.3 is 9.47 Å². The van der Waals surface area contributed by atoms with E-state index in [9.17, 15) is 4.79 Å². The van der Waals surface area contributed by atoms with E-state index in [1.165, 1.54) is 4.57 Å². The van der Waals surface area contributed by atoms with Crippen LogP contribution in [0, 0.1) is 0 Å². The van der Waals surface area contributed by atoms with E-state index in [-0.39, 0.29) is 12.5 Å². The Kier molecular flexibility index (Phi) is 3.12. The van der Waals surface area contributed by atoms with Gasteiger partial charge in [-0.1, -0.05) is 17.7 Å². The maximum absolute atomic E-state index is 12.8. The molecule has 6 nitrogen and oxygen atoms in total. The number of rotatable bonds is 3. The van der Waals surface area contributed by atoms with Gasteiger partial charge in [-0.3, -0.25) is 4.57 Å². The third-order valence-corrected chi connectivity index (χ3v) is 3.88. The van der Waals surface area contributed by atoms with E-state index in [2.05, 4.69) is 11.6 Å². The molecule has 7 heteroatoms. The predicted molar refractivity (Wildman–Crippen MR) is 86.7 cm³/mol. The molecule has 0 bridgehead atoms. The number of imidazole rings is 1. The van der Waals surface area contributed by atoms with Gasteiger partial charge in [0.2, 0.25) is 6.79 Å². The fourth-order valence-electron chi connectivity index (χ4n) is 2.67. The van der Waals surface area contributed by atoms with E-state index in [1.54, 1.807) is 41.0 Å². The highest BCUT2D eigenvalue weighted by Gasteiger charge is 2.19. The van der Waals surface area contributed by atoms with E-state index in [4.69, 9.17) is 21.1 Å². The molecule has 0 spiro atoms. The Morgan fingerprint density at radius 2 is 2.09 bits per heavy atom. The van der Waals surface area contributed by atoms with Gasteiger partial charge in [0.25, 0.3) is 0 Å². The van der Waals surface area contributed by atoms with Crippen LogP contribution in [0.2, 0.25) is 5.15 Å². The lowest BCUT2D eigenvalue weighted by atomic mass is 10.2. The molecule has 0 radical (unpaired) electrons. The van der Waals surface area contributed by atoms with Crippen molar-refractivity contribution in [3.63, 3.8) is 0 Å². The monoisotopic (exact) mass is 329 g/mol. The van der Waals surface area contributed by atoms with Crippen molar-refractivity contribution in [2.45, 2.75) is 6.54 Å². The van der Waals surface area contributed by atoms with Gasteiger partial charge in [-0.15, -0.1) is 6.58 Å². The van der Waals surface area contributed by atoms with E-state index >= 15 is 0 Å². The largest absolute Gasteiger partial charge is 0.454 e. The molecule has 0 N–H and O–H groups in total. The van der Waals surface area contributed by atoms with Gasteiger partial charge in [-0.05, 0) is 24.3 Å². The average molecular weight is 330 g/mol. The van der Waals surface area contributed by atoms with Crippen LogP contribution in [0.4, 0.5) is 0 Å². The van der Waals surface area contributed by atoms with Crippen LogP contribution in [-0.4, -0.2) is 20.9 Å². The number of nitrogens with zero attached hydrogens (tertiary/aromatic N) is 3. The Morgan fingerprint density at radius 1 is 1.26 bits per heavy atom. The van der Waals surface area contributed by atoms with Crippen molar-refractivity contribution in [3.05, 3.63) is 58.6 Å². The van der Waals surface area contributed by atoms with E-state index in [1.807, 2.05) is 0 Å². The van der Waals surface area contributed by atoms with E-state index in [0.29, 0.717) is 40.0 Å². The van der Waals surface area contributed by atoms with Gasteiger partial charge in [0, 0.05) is 12.6 Å². The molecule has 116 valence electrons. The summed E-state index contributed by atoms with van der Waals surface area (Å²) in [7, 11) is 0. The second kappa shape index (κ2) is 5.17. The number of ether oxygens (including phenoxy) is 2. The zero-order chi connectivity index (χ0) is 16.0. The minimum atomic E-state index is -0.214. The smallest absolute Gasteiger partial charge is 0.335 e. The Morgan fingerprint density at radius 3 is 2.91 bits per heavy atom. The Bertz CT molecular complexity index is 990. The third-order valence-electron chi connectivity index (χ3n) is 3.67. The molecule has 0 aliphatic carbocycles. The maximum atomic E-state index is 12.8. The average Bonchev–Trinajstić information content (AvgIpc) is 3.10. The zero-order valence-electron chi connectivity index (χ0n) is 12.0. The van der Waals surface area contributed by atoms with Crippen LogP contribution in [0.15, 0.2) is 47.8 Å². The molecule has 3 heterocycles. The highest BCUT2D eigenvalue weighted by atomic mass is 35.5. The van der Waals surface area contributed by atoms with Crippen LogP contribution in [0.3, 0.4) is 0 Å². The first-order valence-electron chi connectivity index (χ1n) is 6.98. The fourth-order valence-corrected chi connectivity index (χ4v) is 2.81. The molecule has 0 amide bonds. The van der Waals surface area contributed by atoms with Crippen LogP contribution in [0.1, 0.15) is 0 Å². The molecule has 2 aromatic heterocycles. The fraction of sp³-hybridized carbons (Fsp3) is 0.125. The van der Waals surface area contributed by atoms with Crippen molar-refractivity contribution in [2.24, 2.45) is 0 Å². The van der Waals surface area contributed by atoms with Gasteiger partial charge >= 0.3 is 5.69 Å². The maximum Gasteiger partial charge on any atom is 0.335 e. The molecule has 3 aromatic rings. The summed E-state index contributed by atoms with van der Waals surface area (Å²) < 4.78 is 13.8. The summed E-state index contributed by atoms with van der Waals surface area (Å²) in [6.07, 6.45) is 1.67. The molecule has 0 fully saturated rings. The summed E-state index contributed by atoms with van der Waals surface area (Å²) >= 11 is 6.01. The van der Waals surface area contributed by atoms with E-state index < -0.39 is 0 Å². The van der Waals surface area contributed by atoms with Crippen molar-refractivity contribution in [1.82, 2.24) is 14.1 Å². The van der Waals surface area contributed by atoms with Crippen LogP contribution in [-0.2, 0) is 6.54 Å². The highest BCUT2D eigenvalue weighted by molar-refractivity contribution is 6.29. The molecule has 1 aliphatic heterocycles. The van der Waals surface area contributed by atoms with Crippen LogP contribution >= 0.6 is 11.6 Å². The summed E-state index contributed by atoms with van der Waals surface area (Å²) in [5, 5.41) is 0.322. The van der Waals surface area contributed by atoms with Crippen molar-refractivity contribution in [1.29, 1.82) is 0 Å². The number of pyridine rings is 1. The normalized spacial score (nSPS) is 12.7. The summed E-state index contributed by atoms with van der Waals surface area (Å²) in [6, 6.07) is 8.75. The number of allylic oxidation sites excluding steroid dienone is 1. The van der Waals surface area contributed by atoms with Gasteiger partial charge in [0.15, 0.2) is 17.1 Å². The molecule has 0 atom stereocenters. The number of hydrogen-bond acceptors (Lipinski definition) is 4. The summed E-state index contributed by atoms with van der Waals surface area (Å²) in [4.78, 5) is 17.1. The number of aromatic nitrogens is 3. The Balaban J connectivity index is 2.02. The molecule has 1 aliphatic rings. The first-order valence-corrected chi connectivity index (χ1v) is 7.35. The van der Waals surface area contributed by atoms with E-state index in [0.717, 1.165) is 0 Å². The molecule has 0 saturated heterocycles. The lowest BCUT2D eigenvalue weighted by Gasteiger charge is -2.04. The number of halogens is 1. The van der Waals surface area contributed by atoms with Gasteiger partial charge in [0.05, 0.1) is 11.2 Å². The zero-order valence-corrected chi connectivity index (χ0v) is 12.8. The minimum absolute atomic E-state index is 0.177. The van der Waals surface area contributed by atoms with Crippen molar-refractivity contribution >= 4 is 22.8 Å². The van der Waals surface area contributed by atoms with Gasteiger partial charge in [0.1, 0.15) is 5.15 Å². The van der Waals surface area contributed by atoms with Crippen molar-refractivity contribution < 1.29 is 9.47 Å².